The lowest BCUT2D eigenvalue weighted by Gasteiger charge is -2.38. The fourth-order valence-corrected chi connectivity index (χ4v) is 2.31. The molecule has 0 aromatic heterocycles. The second kappa shape index (κ2) is 5.83. The molecule has 0 atom stereocenters. The summed E-state index contributed by atoms with van der Waals surface area (Å²) in [6.45, 7) is 6.22. The SMILES string of the molecule is Cc1cc(F)ccc1CNCC1(C)CCC1.Cl. The third kappa shape index (κ3) is 3.68. The van der Waals surface area contributed by atoms with Gasteiger partial charge >= 0.3 is 0 Å². The Kier molecular flexibility index (Phi) is 4.96. The number of halogens is 2. The van der Waals surface area contributed by atoms with E-state index in [2.05, 4.69) is 12.2 Å². The highest BCUT2D eigenvalue weighted by molar-refractivity contribution is 5.85. The van der Waals surface area contributed by atoms with Crippen LogP contribution in [0.3, 0.4) is 0 Å². The molecule has 0 amide bonds. The molecule has 1 nitrogen and oxygen atoms in total. The fraction of sp³-hybridized carbons (Fsp3) is 0.571. The first kappa shape index (κ1) is 14.5. The predicted octanol–water partition coefficient (Wildman–Crippen LogP) is 3.84. The molecule has 17 heavy (non-hydrogen) atoms. The molecule has 1 saturated carbocycles. The van der Waals surface area contributed by atoms with Gasteiger partial charge in [-0.15, -0.1) is 12.4 Å². The second-order valence-corrected chi connectivity index (χ2v) is 5.34. The average Bonchev–Trinajstić information content (AvgIpc) is 2.19. The standard InChI is InChI=1S/C14H20FN.ClH/c1-11-8-13(15)5-4-12(11)9-16-10-14(2)6-3-7-14;/h4-5,8,16H,3,6-7,9-10H2,1-2H3;1H. The lowest BCUT2D eigenvalue weighted by atomic mass is 9.70. The molecule has 1 aromatic carbocycles. The van der Waals surface area contributed by atoms with E-state index in [1.807, 2.05) is 13.0 Å². The van der Waals surface area contributed by atoms with Gasteiger partial charge in [-0.25, -0.2) is 4.39 Å². The topological polar surface area (TPSA) is 12.0 Å². The van der Waals surface area contributed by atoms with Gasteiger partial charge < -0.3 is 5.32 Å². The molecule has 1 aliphatic carbocycles. The van der Waals surface area contributed by atoms with Gasteiger partial charge in [-0.1, -0.05) is 19.4 Å². The molecule has 0 bridgehead atoms. The van der Waals surface area contributed by atoms with Crippen molar-refractivity contribution in [1.82, 2.24) is 5.32 Å². The van der Waals surface area contributed by atoms with Crippen molar-refractivity contribution in [2.24, 2.45) is 5.41 Å². The van der Waals surface area contributed by atoms with Crippen molar-refractivity contribution >= 4 is 12.4 Å². The molecule has 0 unspecified atom stereocenters. The molecule has 0 saturated heterocycles. The van der Waals surface area contributed by atoms with Crippen LogP contribution in [0.15, 0.2) is 18.2 Å². The van der Waals surface area contributed by atoms with Crippen molar-refractivity contribution in [2.45, 2.75) is 39.7 Å². The average molecular weight is 258 g/mol. The van der Waals surface area contributed by atoms with Crippen LogP contribution in [0.2, 0.25) is 0 Å². The monoisotopic (exact) mass is 257 g/mol. The highest BCUT2D eigenvalue weighted by atomic mass is 35.5. The number of benzene rings is 1. The van der Waals surface area contributed by atoms with Crippen LogP contribution < -0.4 is 5.32 Å². The summed E-state index contributed by atoms with van der Waals surface area (Å²) in [6, 6.07) is 5.01. The molecule has 3 heteroatoms. The number of nitrogens with one attached hydrogen (secondary N) is 1. The molecular weight excluding hydrogens is 237 g/mol. The number of hydrogen-bond acceptors (Lipinski definition) is 1. The van der Waals surface area contributed by atoms with Crippen LogP contribution in [0, 0.1) is 18.2 Å². The van der Waals surface area contributed by atoms with Crippen LogP contribution in [0.4, 0.5) is 4.39 Å². The number of rotatable bonds is 4. The summed E-state index contributed by atoms with van der Waals surface area (Å²) in [7, 11) is 0. The van der Waals surface area contributed by atoms with Crippen molar-refractivity contribution in [3.8, 4) is 0 Å². The predicted molar refractivity (Wildman–Crippen MR) is 72.0 cm³/mol. The largest absolute Gasteiger partial charge is 0.312 e. The lowest BCUT2D eigenvalue weighted by Crippen LogP contribution is -2.37. The van der Waals surface area contributed by atoms with Crippen molar-refractivity contribution in [3.63, 3.8) is 0 Å². The Hall–Kier alpha value is -0.600. The number of hydrogen-bond donors (Lipinski definition) is 1. The minimum Gasteiger partial charge on any atom is -0.312 e. The summed E-state index contributed by atoms with van der Waals surface area (Å²) >= 11 is 0. The summed E-state index contributed by atoms with van der Waals surface area (Å²) in [4.78, 5) is 0. The Bertz CT molecular complexity index is 374. The molecule has 1 fully saturated rings. The minimum absolute atomic E-state index is 0. The van der Waals surface area contributed by atoms with Gasteiger partial charge in [-0.3, -0.25) is 0 Å². The molecule has 96 valence electrons. The molecule has 0 spiro atoms. The highest BCUT2D eigenvalue weighted by Gasteiger charge is 2.30. The molecule has 0 radical (unpaired) electrons. The summed E-state index contributed by atoms with van der Waals surface area (Å²) < 4.78 is 12.9. The van der Waals surface area contributed by atoms with E-state index in [9.17, 15) is 4.39 Å². The Balaban J connectivity index is 0.00000144. The third-order valence-corrected chi connectivity index (χ3v) is 3.73. The zero-order valence-electron chi connectivity index (χ0n) is 10.6. The molecule has 2 rings (SSSR count). The summed E-state index contributed by atoms with van der Waals surface area (Å²) in [5.74, 6) is -0.146. The Morgan fingerprint density at radius 3 is 2.59 bits per heavy atom. The van der Waals surface area contributed by atoms with Gasteiger partial charge in [0.1, 0.15) is 5.82 Å². The smallest absolute Gasteiger partial charge is 0.123 e. The maximum Gasteiger partial charge on any atom is 0.123 e. The van der Waals surface area contributed by atoms with Crippen molar-refractivity contribution < 1.29 is 4.39 Å². The molecule has 1 aliphatic rings. The third-order valence-electron chi connectivity index (χ3n) is 3.73. The Morgan fingerprint density at radius 1 is 1.35 bits per heavy atom. The highest BCUT2D eigenvalue weighted by Crippen LogP contribution is 2.39. The van der Waals surface area contributed by atoms with Crippen molar-refractivity contribution in [2.75, 3.05) is 6.54 Å². The van der Waals surface area contributed by atoms with Gasteiger partial charge in [0.2, 0.25) is 0 Å². The molecular formula is C14H21ClFN. The maximum atomic E-state index is 12.9. The van der Waals surface area contributed by atoms with Gasteiger partial charge in [-0.05, 0) is 48.4 Å². The van der Waals surface area contributed by atoms with Gasteiger partial charge in [0.05, 0.1) is 0 Å². The van der Waals surface area contributed by atoms with Gasteiger partial charge in [-0.2, -0.15) is 0 Å². The van der Waals surface area contributed by atoms with Gasteiger partial charge in [0.25, 0.3) is 0 Å². The first-order valence-corrected chi connectivity index (χ1v) is 6.05. The zero-order chi connectivity index (χ0) is 11.6. The van der Waals surface area contributed by atoms with Crippen LogP contribution in [0.5, 0.6) is 0 Å². The maximum absolute atomic E-state index is 12.9. The summed E-state index contributed by atoms with van der Waals surface area (Å²) in [5.41, 5.74) is 2.74. The van der Waals surface area contributed by atoms with E-state index in [1.165, 1.54) is 30.9 Å². The Labute approximate surface area is 109 Å². The van der Waals surface area contributed by atoms with Crippen molar-refractivity contribution in [3.05, 3.63) is 35.1 Å². The van der Waals surface area contributed by atoms with E-state index >= 15 is 0 Å². The first-order valence-electron chi connectivity index (χ1n) is 6.05. The van der Waals surface area contributed by atoms with Crippen LogP contribution in [-0.2, 0) is 6.54 Å². The summed E-state index contributed by atoms with van der Waals surface area (Å²) in [6.07, 6.45) is 4.04. The molecule has 1 N–H and O–H groups in total. The van der Waals surface area contributed by atoms with E-state index in [4.69, 9.17) is 0 Å². The molecule has 1 aromatic rings. The van der Waals surface area contributed by atoms with Crippen LogP contribution in [0.1, 0.15) is 37.3 Å². The Morgan fingerprint density at radius 2 is 2.06 bits per heavy atom. The quantitative estimate of drug-likeness (QED) is 0.864. The van der Waals surface area contributed by atoms with Gasteiger partial charge in [0, 0.05) is 13.1 Å². The van der Waals surface area contributed by atoms with E-state index < -0.39 is 0 Å². The van der Waals surface area contributed by atoms with E-state index in [-0.39, 0.29) is 18.2 Å². The van der Waals surface area contributed by atoms with Gasteiger partial charge in [0.15, 0.2) is 0 Å². The van der Waals surface area contributed by atoms with E-state index in [1.54, 1.807) is 6.07 Å². The normalized spacial score (nSPS) is 17.1. The minimum atomic E-state index is -0.146. The zero-order valence-corrected chi connectivity index (χ0v) is 11.4. The lowest BCUT2D eigenvalue weighted by molar-refractivity contribution is 0.156. The van der Waals surface area contributed by atoms with E-state index in [0.717, 1.165) is 18.7 Å². The molecule has 0 heterocycles. The number of aryl methyl sites for hydroxylation is 1. The van der Waals surface area contributed by atoms with E-state index in [0.29, 0.717) is 5.41 Å². The van der Waals surface area contributed by atoms with Crippen LogP contribution in [0.25, 0.3) is 0 Å². The van der Waals surface area contributed by atoms with Crippen LogP contribution >= 0.6 is 12.4 Å². The van der Waals surface area contributed by atoms with Crippen LogP contribution in [-0.4, -0.2) is 6.54 Å². The fourth-order valence-electron chi connectivity index (χ4n) is 2.31. The first-order chi connectivity index (χ1) is 7.59. The second-order valence-electron chi connectivity index (χ2n) is 5.34. The summed E-state index contributed by atoms with van der Waals surface area (Å²) in [5, 5.41) is 3.48. The van der Waals surface area contributed by atoms with Crippen molar-refractivity contribution in [1.29, 1.82) is 0 Å². The molecule has 0 aliphatic heterocycles.